The summed E-state index contributed by atoms with van der Waals surface area (Å²) in [7, 11) is 0. The molecule has 1 saturated carbocycles. The van der Waals surface area contributed by atoms with Crippen molar-refractivity contribution in [1.82, 2.24) is 4.98 Å². The van der Waals surface area contributed by atoms with Crippen molar-refractivity contribution >= 4 is 34.0 Å². The van der Waals surface area contributed by atoms with Crippen LogP contribution < -0.4 is 5.01 Å². The lowest BCUT2D eigenvalue weighted by Gasteiger charge is -2.29. The average molecular weight is 428 g/mol. The van der Waals surface area contributed by atoms with Gasteiger partial charge in [0.15, 0.2) is 5.78 Å². The van der Waals surface area contributed by atoms with Crippen molar-refractivity contribution in [2.24, 2.45) is 11.0 Å². The summed E-state index contributed by atoms with van der Waals surface area (Å²) in [5, 5.41) is 8.02. The summed E-state index contributed by atoms with van der Waals surface area (Å²) in [6, 6.07) is 21.1. The van der Waals surface area contributed by atoms with Gasteiger partial charge in [-0.25, -0.2) is 9.99 Å². The molecule has 3 aromatic rings. The minimum Gasteiger partial charge on any atom is -0.294 e. The van der Waals surface area contributed by atoms with Crippen LogP contribution in [0.3, 0.4) is 0 Å². The highest BCUT2D eigenvalue weighted by Crippen LogP contribution is 2.47. The van der Waals surface area contributed by atoms with Crippen LogP contribution in [0.4, 0.5) is 5.13 Å². The van der Waals surface area contributed by atoms with E-state index in [1.807, 2.05) is 19.1 Å². The van der Waals surface area contributed by atoms with Crippen molar-refractivity contribution < 1.29 is 4.79 Å². The molecule has 2 heterocycles. The molecule has 4 nitrogen and oxygen atoms in total. The number of fused-ring (bicyclic) bond motifs is 1. The minimum absolute atomic E-state index is 0.0615. The maximum Gasteiger partial charge on any atom is 0.207 e. The molecule has 5 heteroatoms. The van der Waals surface area contributed by atoms with E-state index in [2.05, 4.69) is 59.6 Å². The molecule has 1 aliphatic carbocycles. The van der Waals surface area contributed by atoms with Gasteiger partial charge in [0.25, 0.3) is 0 Å². The minimum atomic E-state index is 0.0615. The molecule has 2 aliphatic rings. The maximum atomic E-state index is 12.1. The zero-order valence-corrected chi connectivity index (χ0v) is 18.6. The Morgan fingerprint density at radius 2 is 1.81 bits per heavy atom. The average Bonchev–Trinajstić information content (AvgIpc) is 3.36. The maximum absolute atomic E-state index is 12.1. The van der Waals surface area contributed by atoms with Crippen molar-refractivity contribution in [3.8, 4) is 0 Å². The number of benzene rings is 2. The van der Waals surface area contributed by atoms with Crippen molar-refractivity contribution in [2.75, 3.05) is 5.01 Å². The Kier molecular flexibility index (Phi) is 5.28. The molecular weight excluding hydrogens is 402 g/mol. The van der Waals surface area contributed by atoms with Gasteiger partial charge in [0.1, 0.15) is 0 Å². The summed E-state index contributed by atoms with van der Waals surface area (Å²) < 4.78 is 0. The van der Waals surface area contributed by atoms with Crippen LogP contribution in [-0.4, -0.2) is 16.5 Å². The molecule has 31 heavy (non-hydrogen) atoms. The van der Waals surface area contributed by atoms with Gasteiger partial charge in [0.05, 0.1) is 22.3 Å². The normalized spacial score (nSPS) is 21.8. The summed E-state index contributed by atoms with van der Waals surface area (Å²) in [6.45, 7) is 3.51. The summed E-state index contributed by atoms with van der Waals surface area (Å²) in [6.07, 6.45) is 5.57. The predicted octanol–water partition coefficient (Wildman–Crippen LogP) is 6.46. The van der Waals surface area contributed by atoms with E-state index in [9.17, 15) is 4.79 Å². The van der Waals surface area contributed by atoms with Gasteiger partial charge in [-0.3, -0.25) is 4.79 Å². The lowest BCUT2D eigenvalue weighted by Crippen LogP contribution is -2.28. The number of aromatic nitrogens is 1. The number of thiazole rings is 1. The first kappa shape index (κ1) is 19.9. The lowest BCUT2D eigenvalue weighted by atomic mass is 9.77. The number of hydrogen-bond donors (Lipinski definition) is 0. The van der Waals surface area contributed by atoms with E-state index in [-0.39, 0.29) is 11.8 Å². The monoisotopic (exact) mass is 427 g/mol. The zero-order chi connectivity index (χ0) is 21.4. The summed E-state index contributed by atoms with van der Waals surface area (Å²) in [5.74, 6) is 0.377. The SMILES string of the molecule is CC(=O)c1sc(N2N=C3/C(=C\c4ccccc4)CCC[C@@H]3[C@@H]2c2ccccc2)nc1C. The first-order valence-electron chi connectivity index (χ1n) is 10.8. The zero-order valence-electron chi connectivity index (χ0n) is 17.8. The fraction of sp³-hybridized carbons (Fsp3) is 0.269. The van der Waals surface area contributed by atoms with Gasteiger partial charge in [0, 0.05) is 12.8 Å². The van der Waals surface area contributed by atoms with Crippen molar-refractivity contribution in [3.63, 3.8) is 0 Å². The molecular formula is C26H25N3OS. The summed E-state index contributed by atoms with van der Waals surface area (Å²) in [4.78, 5) is 17.5. The van der Waals surface area contributed by atoms with Crippen LogP contribution in [0, 0.1) is 12.8 Å². The van der Waals surface area contributed by atoms with E-state index in [0.717, 1.165) is 35.0 Å². The number of hydrogen-bond acceptors (Lipinski definition) is 5. The molecule has 0 N–H and O–H groups in total. The van der Waals surface area contributed by atoms with Crippen molar-refractivity contribution in [1.29, 1.82) is 0 Å². The quantitative estimate of drug-likeness (QED) is 0.449. The largest absolute Gasteiger partial charge is 0.294 e. The molecule has 0 saturated heterocycles. The van der Waals surface area contributed by atoms with Gasteiger partial charge in [-0.1, -0.05) is 72.0 Å². The van der Waals surface area contributed by atoms with Gasteiger partial charge in [-0.2, -0.15) is 5.10 Å². The van der Waals surface area contributed by atoms with E-state index in [4.69, 9.17) is 10.1 Å². The highest BCUT2D eigenvalue weighted by Gasteiger charge is 2.43. The highest BCUT2D eigenvalue weighted by atomic mass is 32.1. The summed E-state index contributed by atoms with van der Waals surface area (Å²) >= 11 is 1.45. The molecule has 5 rings (SSSR count). The smallest absolute Gasteiger partial charge is 0.207 e. The van der Waals surface area contributed by atoms with Crippen LogP contribution in [-0.2, 0) is 0 Å². The van der Waals surface area contributed by atoms with Crippen LogP contribution in [0.5, 0.6) is 0 Å². The number of anilines is 1. The number of nitrogens with zero attached hydrogens (tertiary/aromatic N) is 3. The van der Waals surface area contributed by atoms with E-state index >= 15 is 0 Å². The number of carbonyl (C=O) groups excluding carboxylic acids is 1. The molecule has 1 aromatic heterocycles. The number of ketones is 1. The third kappa shape index (κ3) is 3.74. The molecule has 0 unspecified atom stereocenters. The Balaban J connectivity index is 1.61. The topological polar surface area (TPSA) is 45.6 Å². The highest BCUT2D eigenvalue weighted by molar-refractivity contribution is 7.17. The lowest BCUT2D eigenvalue weighted by molar-refractivity contribution is 0.102. The molecule has 156 valence electrons. The third-order valence-corrected chi connectivity index (χ3v) is 7.33. The van der Waals surface area contributed by atoms with E-state index in [1.54, 1.807) is 6.92 Å². The number of aryl methyl sites for hydroxylation is 1. The Bertz CT molecular complexity index is 1160. The fourth-order valence-corrected chi connectivity index (χ4v) is 5.65. The molecule has 0 amide bonds. The standard InChI is InChI=1S/C26H25N3OS/c1-17-25(18(2)30)31-26(27-17)29-24(20-12-7-4-8-13-20)22-15-9-14-21(23(22)28-29)16-19-10-5-3-6-11-19/h3-8,10-13,16,22,24H,9,14-15H2,1-2H3/b21-16-/t22-,24-/m0/s1. The van der Waals surface area contributed by atoms with Crippen molar-refractivity contribution in [3.05, 3.63) is 87.9 Å². The molecule has 1 aliphatic heterocycles. The number of allylic oxidation sites excluding steroid dienone is 1. The van der Waals surface area contributed by atoms with Crippen molar-refractivity contribution in [2.45, 2.75) is 39.2 Å². The molecule has 2 atom stereocenters. The van der Waals surface area contributed by atoms with E-state index in [1.165, 1.54) is 33.7 Å². The molecule has 2 aromatic carbocycles. The van der Waals surface area contributed by atoms with Crippen LogP contribution >= 0.6 is 11.3 Å². The number of hydrazone groups is 1. The molecule has 0 radical (unpaired) electrons. The van der Waals surface area contributed by atoms with E-state index < -0.39 is 0 Å². The van der Waals surface area contributed by atoms with E-state index in [0.29, 0.717) is 5.92 Å². The van der Waals surface area contributed by atoms with Crippen LogP contribution in [0.25, 0.3) is 6.08 Å². The second-order valence-electron chi connectivity index (χ2n) is 8.23. The van der Waals surface area contributed by atoms with Crippen LogP contribution in [0.1, 0.15) is 58.7 Å². The van der Waals surface area contributed by atoms with Gasteiger partial charge in [-0.15, -0.1) is 0 Å². The second-order valence-corrected chi connectivity index (χ2v) is 9.21. The second kappa shape index (κ2) is 8.23. The van der Waals surface area contributed by atoms with Gasteiger partial charge >= 0.3 is 0 Å². The van der Waals surface area contributed by atoms with Gasteiger partial charge in [-0.05, 0) is 49.0 Å². The Morgan fingerprint density at radius 1 is 1.10 bits per heavy atom. The Morgan fingerprint density at radius 3 is 2.48 bits per heavy atom. The van der Waals surface area contributed by atoms with Gasteiger partial charge < -0.3 is 0 Å². The first-order valence-corrected chi connectivity index (χ1v) is 11.6. The first-order chi connectivity index (χ1) is 15.1. The summed E-state index contributed by atoms with van der Waals surface area (Å²) in [5.41, 5.74) is 5.71. The number of Topliss-reactive ketones (excluding diaryl/α,β-unsaturated/α-hetero) is 1. The molecule has 0 spiro atoms. The third-order valence-electron chi connectivity index (χ3n) is 6.08. The van der Waals surface area contributed by atoms with Gasteiger partial charge in [0.2, 0.25) is 5.13 Å². The number of carbonyl (C=O) groups is 1. The Labute approximate surface area is 187 Å². The molecule has 0 bridgehead atoms. The Hall–Kier alpha value is -3.05. The number of rotatable bonds is 4. The molecule has 1 fully saturated rings. The fourth-order valence-electron chi connectivity index (χ4n) is 4.70. The predicted molar refractivity (Wildman–Crippen MR) is 128 cm³/mol. The van der Waals surface area contributed by atoms with Crippen LogP contribution in [0.2, 0.25) is 0 Å². The van der Waals surface area contributed by atoms with Crippen LogP contribution in [0.15, 0.2) is 71.3 Å².